The molecule has 0 unspecified atom stereocenters. The first-order chi connectivity index (χ1) is 7.95. The molecule has 0 aromatic heterocycles. The monoisotopic (exact) mass is 255 g/mol. The van der Waals surface area contributed by atoms with Crippen LogP contribution in [0.25, 0.3) is 0 Å². The van der Waals surface area contributed by atoms with Gasteiger partial charge < -0.3 is 16.4 Å². The Morgan fingerprint density at radius 3 is 2.53 bits per heavy atom. The third kappa shape index (κ3) is 3.70. The fourth-order valence-corrected chi connectivity index (χ4v) is 1.85. The van der Waals surface area contributed by atoms with Crippen LogP contribution in [0.3, 0.4) is 0 Å². The SMILES string of the molecule is CN(C)[C@H](CN)Cc1ccc(C(N)=O)cc1Cl. The van der Waals surface area contributed by atoms with Gasteiger partial charge in [-0.15, -0.1) is 0 Å². The molecule has 1 aromatic rings. The third-order valence-corrected chi connectivity index (χ3v) is 3.15. The van der Waals surface area contributed by atoms with Crippen molar-refractivity contribution in [3.8, 4) is 0 Å². The molecule has 0 aliphatic carbocycles. The first kappa shape index (κ1) is 14.0. The number of rotatable bonds is 5. The molecule has 0 saturated heterocycles. The molecule has 1 rings (SSSR count). The lowest BCUT2D eigenvalue weighted by Gasteiger charge is -2.23. The summed E-state index contributed by atoms with van der Waals surface area (Å²) < 4.78 is 0. The highest BCUT2D eigenvalue weighted by molar-refractivity contribution is 6.31. The van der Waals surface area contributed by atoms with Gasteiger partial charge in [0.05, 0.1) is 0 Å². The maximum absolute atomic E-state index is 11.0. The van der Waals surface area contributed by atoms with Crippen molar-refractivity contribution in [1.82, 2.24) is 4.90 Å². The van der Waals surface area contributed by atoms with E-state index in [9.17, 15) is 4.79 Å². The fraction of sp³-hybridized carbons (Fsp3) is 0.417. The van der Waals surface area contributed by atoms with Crippen molar-refractivity contribution in [1.29, 1.82) is 0 Å². The van der Waals surface area contributed by atoms with Gasteiger partial charge in [-0.05, 0) is 38.2 Å². The maximum Gasteiger partial charge on any atom is 0.248 e. The Morgan fingerprint density at radius 1 is 1.47 bits per heavy atom. The van der Waals surface area contributed by atoms with Gasteiger partial charge >= 0.3 is 0 Å². The fourth-order valence-electron chi connectivity index (χ4n) is 1.60. The Hall–Kier alpha value is -1.10. The zero-order chi connectivity index (χ0) is 13.0. The Morgan fingerprint density at radius 2 is 2.12 bits per heavy atom. The summed E-state index contributed by atoms with van der Waals surface area (Å²) in [5.74, 6) is -0.471. The number of nitrogens with zero attached hydrogens (tertiary/aromatic N) is 1. The lowest BCUT2D eigenvalue weighted by atomic mass is 10.0. The minimum absolute atomic E-state index is 0.229. The van der Waals surface area contributed by atoms with E-state index in [-0.39, 0.29) is 6.04 Å². The molecule has 94 valence electrons. The third-order valence-electron chi connectivity index (χ3n) is 2.80. The molecule has 0 heterocycles. The predicted molar refractivity (Wildman–Crippen MR) is 70.2 cm³/mol. The number of amides is 1. The lowest BCUT2D eigenvalue weighted by Crippen LogP contribution is -2.36. The molecule has 0 saturated carbocycles. The van der Waals surface area contributed by atoms with Gasteiger partial charge in [0.1, 0.15) is 0 Å². The first-order valence-corrected chi connectivity index (χ1v) is 5.78. The summed E-state index contributed by atoms with van der Waals surface area (Å²) in [6.45, 7) is 0.556. The first-order valence-electron chi connectivity index (χ1n) is 5.40. The largest absolute Gasteiger partial charge is 0.366 e. The van der Waals surface area contributed by atoms with Crippen LogP contribution in [0.5, 0.6) is 0 Å². The molecule has 17 heavy (non-hydrogen) atoms. The van der Waals surface area contributed by atoms with Gasteiger partial charge in [0.25, 0.3) is 0 Å². The molecular weight excluding hydrogens is 238 g/mol. The minimum Gasteiger partial charge on any atom is -0.366 e. The molecule has 0 bridgehead atoms. The van der Waals surface area contributed by atoms with Crippen molar-refractivity contribution in [2.45, 2.75) is 12.5 Å². The second kappa shape index (κ2) is 6.00. The number of hydrogen-bond donors (Lipinski definition) is 2. The molecule has 1 amide bonds. The van der Waals surface area contributed by atoms with Crippen LogP contribution in [0.2, 0.25) is 5.02 Å². The second-order valence-electron chi connectivity index (χ2n) is 4.23. The average molecular weight is 256 g/mol. The van der Waals surface area contributed by atoms with Crippen LogP contribution >= 0.6 is 11.6 Å². The average Bonchev–Trinajstić information content (AvgIpc) is 2.26. The molecular formula is C12H18ClN3O. The number of carbonyl (C=O) groups excluding carboxylic acids is 1. The van der Waals surface area contributed by atoms with Gasteiger partial charge in [0, 0.05) is 23.2 Å². The van der Waals surface area contributed by atoms with Crippen LogP contribution < -0.4 is 11.5 Å². The van der Waals surface area contributed by atoms with Crippen LogP contribution in [-0.2, 0) is 6.42 Å². The number of likely N-dealkylation sites (N-methyl/N-ethyl adjacent to an activating group) is 1. The smallest absolute Gasteiger partial charge is 0.248 e. The van der Waals surface area contributed by atoms with E-state index >= 15 is 0 Å². The molecule has 0 aliphatic rings. The summed E-state index contributed by atoms with van der Waals surface area (Å²) in [4.78, 5) is 13.0. The van der Waals surface area contributed by atoms with Crippen LogP contribution in [-0.4, -0.2) is 37.5 Å². The summed E-state index contributed by atoms with van der Waals surface area (Å²) in [5, 5.41) is 0.557. The highest BCUT2D eigenvalue weighted by Crippen LogP contribution is 2.20. The summed E-state index contributed by atoms with van der Waals surface area (Å²) in [7, 11) is 3.95. The van der Waals surface area contributed by atoms with Gasteiger partial charge in [-0.2, -0.15) is 0 Å². The van der Waals surface area contributed by atoms with E-state index in [4.69, 9.17) is 23.1 Å². The molecule has 0 spiro atoms. The Balaban J connectivity index is 2.89. The van der Waals surface area contributed by atoms with Crippen LogP contribution in [0.15, 0.2) is 18.2 Å². The van der Waals surface area contributed by atoms with Crippen molar-refractivity contribution in [3.05, 3.63) is 34.3 Å². The maximum atomic E-state index is 11.0. The van der Waals surface area contributed by atoms with Gasteiger partial charge in [-0.3, -0.25) is 4.79 Å². The van der Waals surface area contributed by atoms with E-state index in [0.717, 1.165) is 12.0 Å². The molecule has 4 N–H and O–H groups in total. The van der Waals surface area contributed by atoms with Gasteiger partial charge in [0.2, 0.25) is 5.91 Å². The number of halogens is 1. The minimum atomic E-state index is -0.471. The van der Waals surface area contributed by atoms with Crippen molar-refractivity contribution in [2.75, 3.05) is 20.6 Å². The quantitative estimate of drug-likeness (QED) is 0.820. The highest BCUT2D eigenvalue weighted by atomic mass is 35.5. The normalized spacial score (nSPS) is 12.8. The standard InChI is InChI=1S/C12H18ClN3O/c1-16(2)10(7-14)5-8-3-4-9(12(15)17)6-11(8)13/h3-4,6,10H,5,7,14H2,1-2H3,(H2,15,17)/t10-/m0/s1. The zero-order valence-electron chi connectivity index (χ0n) is 10.1. The number of nitrogens with two attached hydrogens (primary N) is 2. The Kier molecular flexibility index (Phi) is 4.93. The number of benzene rings is 1. The van der Waals surface area contributed by atoms with E-state index < -0.39 is 5.91 Å². The highest BCUT2D eigenvalue weighted by Gasteiger charge is 2.13. The number of hydrogen-bond acceptors (Lipinski definition) is 3. The second-order valence-corrected chi connectivity index (χ2v) is 4.63. The molecule has 0 aliphatic heterocycles. The van der Waals surface area contributed by atoms with Gasteiger partial charge in [-0.25, -0.2) is 0 Å². The van der Waals surface area contributed by atoms with Gasteiger partial charge in [-0.1, -0.05) is 17.7 Å². The van der Waals surface area contributed by atoms with Crippen molar-refractivity contribution < 1.29 is 4.79 Å². The molecule has 4 nitrogen and oxygen atoms in total. The summed E-state index contributed by atoms with van der Waals surface area (Å²) in [6.07, 6.45) is 0.751. The van der Waals surface area contributed by atoms with Crippen LogP contribution in [0.1, 0.15) is 15.9 Å². The molecule has 1 atom stereocenters. The summed E-state index contributed by atoms with van der Waals surface area (Å²) >= 11 is 6.11. The Bertz CT molecular complexity index is 407. The van der Waals surface area contributed by atoms with E-state index in [1.165, 1.54) is 0 Å². The van der Waals surface area contributed by atoms with Crippen LogP contribution in [0, 0.1) is 0 Å². The van der Waals surface area contributed by atoms with E-state index in [2.05, 4.69) is 4.90 Å². The van der Waals surface area contributed by atoms with Crippen molar-refractivity contribution in [3.63, 3.8) is 0 Å². The molecule has 1 aromatic carbocycles. The lowest BCUT2D eigenvalue weighted by molar-refractivity contribution is 0.100. The van der Waals surface area contributed by atoms with Crippen molar-refractivity contribution in [2.24, 2.45) is 11.5 Å². The molecule has 5 heteroatoms. The van der Waals surface area contributed by atoms with E-state index in [1.807, 2.05) is 20.2 Å². The van der Waals surface area contributed by atoms with Crippen LogP contribution in [0.4, 0.5) is 0 Å². The summed E-state index contributed by atoms with van der Waals surface area (Å²) in [6, 6.07) is 5.34. The molecule has 0 fully saturated rings. The zero-order valence-corrected chi connectivity index (χ0v) is 10.9. The van der Waals surface area contributed by atoms with E-state index in [0.29, 0.717) is 17.1 Å². The molecule has 0 radical (unpaired) electrons. The van der Waals surface area contributed by atoms with Gasteiger partial charge in [0.15, 0.2) is 0 Å². The van der Waals surface area contributed by atoms with E-state index in [1.54, 1.807) is 12.1 Å². The number of primary amides is 1. The van der Waals surface area contributed by atoms with Crippen molar-refractivity contribution >= 4 is 17.5 Å². The Labute approximate surface area is 107 Å². The topological polar surface area (TPSA) is 72.3 Å². The summed E-state index contributed by atoms with van der Waals surface area (Å²) in [5.41, 5.74) is 12.3. The number of carbonyl (C=O) groups is 1. The predicted octanol–water partition coefficient (Wildman–Crippen LogP) is 0.870.